The van der Waals surface area contributed by atoms with Gasteiger partial charge in [-0.3, -0.25) is 4.79 Å². The van der Waals surface area contributed by atoms with Crippen molar-refractivity contribution in [1.82, 2.24) is 9.59 Å². The first kappa shape index (κ1) is 10.7. The summed E-state index contributed by atoms with van der Waals surface area (Å²) in [5.74, 6) is 0.00537. The normalized spacial score (nSPS) is 10.5. The Morgan fingerprint density at radius 1 is 1.53 bits per heavy atom. The lowest BCUT2D eigenvalue weighted by atomic mass is 10.2. The van der Waals surface area contributed by atoms with Crippen molar-refractivity contribution in [1.29, 1.82) is 0 Å². The topological polar surface area (TPSA) is 42.9 Å². The second-order valence-corrected chi connectivity index (χ2v) is 4.93. The highest BCUT2D eigenvalue weighted by Crippen LogP contribution is 2.28. The summed E-state index contributed by atoms with van der Waals surface area (Å²) >= 11 is 8.62. The Morgan fingerprint density at radius 3 is 2.87 bits per heavy atom. The van der Waals surface area contributed by atoms with Crippen molar-refractivity contribution < 1.29 is 4.79 Å². The van der Waals surface area contributed by atoms with E-state index in [-0.39, 0.29) is 12.2 Å². The van der Waals surface area contributed by atoms with E-state index in [9.17, 15) is 4.79 Å². The van der Waals surface area contributed by atoms with Crippen LogP contribution in [0.4, 0.5) is 0 Å². The summed E-state index contributed by atoms with van der Waals surface area (Å²) in [5.41, 5.74) is 1.65. The number of Topliss-reactive ketones (excluding diaryl/α,β-unsaturated/α-hetero) is 1. The maximum absolute atomic E-state index is 11.8. The van der Waals surface area contributed by atoms with Gasteiger partial charge < -0.3 is 0 Å². The third kappa shape index (κ3) is 2.25. The van der Waals surface area contributed by atoms with Crippen LogP contribution in [0.25, 0.3) is 0 Å². The molecule has 78 valence electrons. The number of rotatable bonds is 3. The van der Waals surface area contributed by atoms with E-state index in [0.29, 0.717) is 15.6 Å². The van der Waals surface area contributed by atoms with Crippen LogP contribution in [0.5, 0.6) is 0 Å². The first-order valence-electron chi connectivity index (χ1n) is 4.21. The van der Waals surface area contributed by atoms with Gasteiger partial charge in [0.25, 0.3) is 0 Å². The second kappa shape index (κ2) is 4.38. The number of ketones is 1. The number of thiophene rings is 1. The summed E-state index contributed by atoms with van der Waals surface area (Å²) in [7, 11) is 0. The molecule has 0 spiro atoms. The highest BCUT2D eigenvalue weighted by Gasteiger charge is 2.15. The van der Waals surface area contributed by atoms with Crippen molar-refractivity contribution in [2.24, 2.45) is 0 Å². The second-order valence-electron chi connectivity index (χ2n) is 3.06. The zero-order chi connectivity index (χ0) is 10.8. The van der Waals surface area contributed by atoms with Gasteiger partial charge in [0.05, 0.1) is 22.0 Å². The van der Waals surface area contributed by atoms with Crippen LogP contribution < -0.4 is 0 Å². The zero-order valence-corrected chi connectivity index (χ0v) is 10.2. The summed E-state index contributed by atoms with van der Waals surface area (Å²) in [5, 5.41) is 8.04. The third-order valence-corrected chi connectivity index (χ3v) is 4.19. The van der Waals surface area contributed by atoms with Gasteiger partial charge in [-0.1, -0.05) is 16.1 Å². The summed E-state index contributed by atoms with van der Waals surface area (Å²) in [6, 6.07) is 0. The summed E-state index contributed by atoms with van der Waals surface area (Å²) in [6.07, 6.45) is 0.274. The minimum Gasteiger partial charge on any atom is -0.293 e. The number of nitrogens with zero attached hydrogens (tertiary/aromatic N) is 2. The van der Waals surface area contributed by atoms with Gasteiger partial charge in [-0.25, -0.2) is 0 Å². The fourth-order valence-electron chi connectivity index (χ4n) is 1.12. The first-order chi connectivity index (χ1) is 7.18. The molecule has 0 aromatic carbocycles. The largest absolute Gasteiger partial charge is 0.293 e. The highest BCUT2D eigenvalue weighted by molar-refractivity contribution is 7.13. The van der Waals surface area contributed by atoms with E-state index >= 15 is 0 Å². The van der Waals surface area contributed by atoms with Gasteiger partial charge in [-0.2, -0.15) is 0 Å². The molecule has 0 aliphatic heterocycles. The quantitative estimate of drug-likeness (QED) is 0.795. The van der Waals surface area contributed by atoms with Crippen LogP contribution >= 0.6 is 34.5 Å². The van der Waals surface area contributed by atoms with Gasteiger partial charge in [0, 0.05) is 5.38 Å². The monoisotopic (exact) mass is 258 g/mol. The maximum Gasteiger partial charge on any atom is 0.180 e. The van der Waals surface area contributed by atoms with Crippen molar-refractivity contribution in [3.8, 4) is 0 Å². The van der Waals surface area contributed by atoms with Crippen molar-refractivity contribution in [3.63, 3.8) is 0 Å². The molecule has 0 saturated carbocycles. The molecule has 2 heterocycles. The predicted octanol–water partition coefficient (Wildman–Crippen LogP) is 2.99. The summed E-state index contributed by atoms with van der Waals surface area (Å²) in [6.45, 7) is 1.89. The van der Waals surface area contributed by atoms with Crippen LogP contribution in [0.15, 0.2) is 10.8 Å². The molecule has 0 fully saturated rings. The van der Waals surface area contributed by atoms with Gasteiger partial charge in [0.1, 0.15) is 0 Å². The first-order valence-corrected chi connectivity index (χ1v) is 6.30. The van der Waals surface area contributed by atoms with Crippen molar-refractivity contribution in [2.45, 2.75) is 13.3 Å². The van der Waals surface area contributed by atoms with E-state index in [0.717, 1.165) is 5.56 Å². The minimum absolute atomic E-state index is 0.00537. The number of halogens is 1. The standard InChI is InChI=1S/C9H7ClN2OS2/c1-5-3-14-9(8(5)10)7(13)2-6-4-15-12-11-6/h3-4H,2H2,1H3. The molecule has 0 N–H and O–H groups in total. The Labute approximate surface area is 99.9 Å². The van der Waals surface area contributed by atoms with E-state index in [1.54, 1.807) is 5.38 Å². The van der Waals surface area contributed by atoms with Crippen LogP contribution in [-0.2, 0) is 6.42 Å². The molecule has 2 aromatic heterocycles. The molecule has 0 atom stereocenters. The SMILES string of the molecule is Cc1csc(C(=O)Cc2csnn2)c1Cl. The smallest absolute Gasteiger partial charge is 0.180 e. The number of carbonyl (C=O) groups is 1. The van der Waals surface area contributed by atoms with E-state index in [1.165, 1.54) is 22.9 Å². The van der Waals surface area contributed by atoms with E-state index < -0.39 is 0 Å². The fraction of sp³-hybridized carbons (Fsp3) is 0.222. The Hall–Kier alpha value is -0.780. The molecule has 15 heavy (non-hydrogen) atoms. The molecule has 2 aromatic rings. The molecule has 2 rings (SSSR count). The molecule has 3 nitrogen and oxygen atoms in total. The zero-order valence-electron chi connectivity index (χ0n) is 7.86. The number of aromatic nitrogens is 2. The Balaban J connectivity index is 2.19. The van der Waals surface area contributed by atoms with Gasteiger partial charge in [0.2, 0.25) is 0 Å². The highest BCUT2D eigenvalue weighted by atomic mass is 35.5. The van der Waals surface area contributed by atoms with Gasteiger partial charge in [-0.15, -0.1) is 16.4 Å². The molecule has 0 unspecified atom stereocenters. The predicted molar refractivity (Wildman–Crippen MR) is 62.0 cm³/mol. The molecular formula is C9H7ClN2OS2. The minimum atomic E-state index is 0.00537. The van der Waals surface area contributed by atoms with Crippen LogP contribution in [0.1, 0.15) is 20.9 Å². The van der Waals surface area contributed by atoms with Gasteiger partial charge >= 0.3 is 0 Å². The van der Waals surface area contributed by atoms with Crippen LogP contribution in [0, 0.1) is 6.92 Å². The summed E-state index contributed by atoms with van der Waals surface area (Å²) in [4.78, 5) is 12.4. The van der Waals surface area contributed by atoms with E-state index in [1.807, 2.05) is 12.3 Å². The van der Waals surface area contributed by atoms with Crippen LogP contribution in [0.3, 0.4) is 0 Å². The number of hydrogen-bond donors (Lipinski definition) is 0. The Morgan fingerprint density at radius 2 is 2.33 bits per heavy atom. The van der Waals surface area contributed by atoms with Gasteiger partial charge in [0.15, 0.2) is 5.78 Å². The van der Waals surface area contributed by atoms with E-state index in [4.69, 9.17) is 11.6 Å². The molecule has 0 aliphatic carbocycles. The lowest BCUT2D eigenvalue weighted by Crippen LogP contribution is -2.02. The van der Waals surface area contributed by atoms with Crippen molar-refractivity contribution in [3.05, 3.63) is 31.9 Å². The average Bonchev–Trinajstić information content (AvgIpc) is 2.79. The number of hydrogen-bond acceptors (Lipinski definition) is 5. The molecule has 6 heteroatoms. The molecule has 0 amide bonds. The van der Waals surface area contributed by atoms with Gasteiger partial charge in [-0.05, 0) is 29.4 Å². The van der Waals surface area contributed by atoms with E-state index in [2.05, 4.69) is 9.59 Å². The Bertz CT molecular complexity index is 478. The van der Waals surface area contributed by atoms with Crippen LogP contribution in [0.2, 0.25) is 5.02 Å². The van der Waals surface area contributed by atoms with Crippen LogP contribution in [-0.4, -0.2) is 15.4 Å². The lowest BCUT2D eigenvalue weighted by molar-refractivity contribution is 0.0996. The molecule has 0 radical (unpaired) electrons. The number of carbonyl (C=O) groups excluding carboxylic acids is 1. The Kier molecular flexibility index (Phi) is 3.14. The summed E-state index contributed by atoms with van der Waals surface area (Å²) < 4.78 is 3.71. The molecule has 0 aliphatic rings. The molecule has 0 bridgehead atoms. The molecule has 0 saturated heterocycles. The van der Waals surface area contributed by atoms with Crippen molar-refractivity contribution >= 4 is 40.3 Å². The third-order valence-electron chi connectivity index (χ3n) is 1.90. The molecular weight excluding hydrogens is 252 g/mol. The number of aryl methyl sites for hydroxylation is 1. The maximum atomic E-state index is 11.8. The average molecular weight is 259 g/mol. The van der Waals surface area contributed by atoms with Crippen molar-refractivity contribution in [2.75, 3.05) is 0 Å². The fourth-order valence-corrected chi connectivity index (χ4v) is 2.81. The lowest BCUT2D eigenvalue weighted by Gasteiger charge is -1.95.